The summed E-state index contributed by atoms with van der Waals surface area (Å²) in [5.74, 6) is 0.281. The van der Waals surface area contributed by atoms with Gasteiger partial charge in [-0.25, -0.2) is 9.78 Å². The van der Waals surface area contributed by atoms with E-state index in [1.807, 2.05) is 30.3 Å². The summed E-state index contributed by atoms with van der Waals surface area (Å²) < 4.78 is 3.09. The largest absolute Gasteiger partial charge is 0.329 e. The van der Waals surface area contributed by atoms with Gasteiger partial charge in [0.2, 0.25) is 0 Å². The zero-order chi connectivity index (χ0) is 16.8. The molecule has 0 radical (unpaired) electrons. The highest BCUT2D eigenvalue weighted by Crippen LogP contribution is 2.29. The van der Waals surface area contributed by atoms with Gasteiger partial charge in [0.25, 0.3) is 5.56 Å². The molecular weight excluding hydrogens is 308 g/mol. The number of nitrogens with one attached hydrogen (secondary N) is 1. The average Bonchev–Trinajstić information content (AvgIpc) is 2.97. The number of hydrogen-bond donors (Lipinski definition) is 1. The van der Waals surface area contributed by atoms with E-state index < -0.39 is 17.2 Å². The second-order valence-electron chi connectivity index (χ2n) is 6.07. The van der Waals surface area contributed by atoms with Gasteiger partial charge < -0.3 is 4.57 Å². The molecule has 3 aromatic rings. The number of benzene rings is 1. The standard InChI is InChI=1S/C17H16N4O3/c1-20-15-13(16(23)19-17(20)24)21-8-7-12(22)11(14(21)18-15)9-10-5-3-2-4-6-10/h2-6,11H,7-9H2,1H3,(H,19,23,24)/t11-/m0/s1. The molecule has 0 bridgehead atoms. The molecule has 7 nitrogen and oxygen atoms in total. The molecule has 7 heteroatoms. The van der Waals surface area contributed by atoms with Crippen LogP contribution in [0.25, 0.3) is 11.2 Å². The molecule has 122 valence electrons. The zero-order valence-electron chi connectivity index (χ0n) is 13.2. The summed E-state index contributed by atoms with van der Waals surface area (Å²) in [5, 5.41) is 0. The monoisotopic (exact) mass is 324 g/mol. The highest BCUT2D eigenvalue weighted by atomic mass is 16.2. The molecule has 1 aliphatic heterocycles. The fourth-order valence-electron chi connectivity index (χ4n) is 3.34. The maximum Gasteiger partial charge on any atom is 0.329 e. The van der Waals surface area contributed by atoms with E-state index in [-0.39, 0.29) is 5.78 Å². The quantitative estimate of drug-likeness (QED) is 0.752. The molecule has 0 saturated heterocycles. The van der Waals surface area contributed by atoms with E-state index in [9.17, 15) is 14.4 Å². The Hall–Kier alpha value is -2.96. The SMILES string of the molecule is Cn1c(=O)[nH]c(=O)c2c1nc1n2CCC(=O)[C@@H]1Cc1ccccc1. The average molecular weight is 324 g/mol. The number of carbonyl (C=O) groups excluding carboxylic acids is 1. The number of Topliss-reactive ketones (excluding diaryl/α,β-unsaturated/α-hetero) is 1. The Morgan fingerprint density at radius 1 is 1.21 bits per heavy atom. The van der Waals surface area contributed by atoms with Crippen molar-refractivity contribution in [1.82, 2.24) is 19.1 Å². The van der Waals surface area contributed by atoms with Crippen molar-refractivity contribution in [2.45, 2.75) is 25.3 Å². The van der Waals surface area contributed by atoms with Gasteiger partial charge >= 0.3 is 5.69 Å². The van der Waals surface area contributed by atoms with E-state index in [1.165, 1.54) is 4.57 Å². The summed E-state index contributed by atoms with van der Waals surface area (Å²) in [4.78, 5) is 43.3. The van der Waals surface area contributed by atoms with Gasteiger partial charge in [-0.3, -0.25) is 19.1 Å². The molecule has 2 aromatic heterocycles. The fraction of sp³-hybridized carbons (Fsp3) is 0.294. The number of H-pyrrole nitrogens is 1. The predicted octanol–water partition coefficient (Wildman–Crippen LogP) is 0.722. The third-order valence-electron chi connectivity index (χ3n) is 4.60. The van der Waals surface area contributed by atoms with Gasteiger partial charge in [0.15, 0.2) is 11.2 Å². The number of aromatic nitrogens is 4. The number of carbonyl (C=O) groups is 1. The number of nitrogens with zero attached hydrogens (tertiary/aromatic N) is 3. The van der Waals surface area contributed by atoms with Crippen molar-refractivity contribution < 1.29 is 4.79 Å². The normalized spacial score (nSPS) is 17.2. The van der Waals surface area contributed by atoms with Crippen LogP contribution in [0.1, 0.15) is 23.7 Å². The lowest BCUT2D eigenvalue weighted by Gasteiger charge is -2.22. The number of ketones is 1. The molecule has 1 aliphatic rings. The van der Waals surface area contributed by atoms with Crippen molar-refractivity contribution in [3.63, 3.8) is 0 Å². The summed E-state index contributed by atoms with van der Waals surface area (Å²) in [5.41, 5.74) is 0.761. The van der Waals surface area contributed by atoms with Crippen LogP contribution in [-0.4, -0.2) is 24.9 Å². The number of imidazole rings is 1. The Balaban J connectivity index is 1.92. The number of fused-ring (bicyclic) bond motifs is 3. The number of hydrogen-bond acceptors (Lipinski definition) is 4. The van der Waals surface area contributed by atoms with Gasteiger partial charge in [-0.15, -0.1) is 0 Å². The van der Waals surface area contributed by atoms with E-state index in [4.69, 9.17) is 0 Å². The Morgan fingerprint density at radius 3 is 2.71 bits per heavy atom. The molecule has 0 amide bonds. The first kappa shape index (κ1) is 14.6. The molecule has 0 saturated carbocycles. The molecule has 1 N–H and O–H groups in total. The van der Waals surface area contributed by atoms with Crippen molar-refractivity contribution in [3.8, 4) is 0 Å². The van der Waals surface area contributed by atoms with Gasteiger partial charge in [-0.2, -0.15) is 0 Å². The first-order valence-corrected chi connectivity index (χ1v) is 7.82. The first-order chi connectivity index (χ1) is 11.6. The van der Waals surface area contributed by atoms with Gasteiger partial charge in [-0.1, -0.05) is 30.3 Å². The zero-order valence-corrected chi connectivity index (χ0v) is 13.2. The number of aromatic amines is 1. The van der Waals surface area contributed by atoms with Crippen LogP contribution < -0.4 is 11.2 Å². The minimum absolute atomic E-state index is 0.114. The van der Waals surface area contributed by atoms with Crippen LogP contribution in [0.4, 0.5) is 0 Å². The molecule has 0 aliphatic carbocycles. The Labute approximate surface area is 136 Å². The van der Waals surface area contributed by atoms with Crippen molar-refractivity contribution in [3.05, 3.63) is 62.6 Å². The van der Waals surface area contributed by atoms with E-state index in [0.717, 1.165) is 5.56 Å². The summed E-state index contributed by atoms with van der Waals surface area (Å²) in [7, 11) is 1.56. The van der Waals surface area contributed by atoms with Crippen LogP contribution in [0.3, 0.4) is 0 Å². The molecule has 1 aromatic carbocycles. The van der Waals surface area contributed by atoms with Crippen LogP contribution in [0.5, 0.6) is 0 Å². The van der Waals surface area contributed by atoms with E-state index >= 15 is 0 Å². The second-order valence-corrected chi connectivity index (χ2v) is 6.07. The third-order valence-corrected chi connectivity index (χ3v) is 4.60. The molecule has 1 atom stereocenters. The highest BCUT2D eigenvalue weighted by Gasteiger charge is 2.32. The molecule has 0 fully saturated rings. The van der Waals surface area contributed by atoms with Crippen LogP contribution in [0.15, 0.2) is 39.9 Å². The molecule has 3 heterocycles. The number of rotatable bonds is 2. The highest BCUT2D eigenvalue weighted by molar-refractivity contribution is 5.88. The van der Waals surface area contributed by atoms with Crippen LogP contribution >= 0.6 is 0 Å². The van der Waals surface area contributed by atoms with Crippen molar-refractivity contribution >= 4 is 16.9 Å². The van der Waals surface area contributed by atoms with Crippen LogP contribution in [0.2, 0.25) is 0 Å². The maximum atomic E-state index is 12.5. The summed E-state index contributed by atoms with van der Waals surface area (Å²) in [6, 6.07) is 9.73. The smallest absolute Gasteiger partial charge is 0.321 e. The van der Waals surface area contributed by atoms with Crippen molar-refractivity contribution in [2.75, 3.05) is 0 Å². The minimum Gasteiger partial charge on any atom is -0.321 e. The second kappa shape index (κ2) is 5.30. The summed E-state index contributed by atoms with van der Waals surface area (Å²) in [6.45, 7) is 0.414. The maximum absolute atomic E-state index is 12.5. The molecule has 4 rings (SSSR count). The van der Waals surface area contributed by atoms with Crippen molar-refractivity contribution in [1.29, 1.82) is 0 Å². The molecule has 0 spiro atoms. The van der Waals surface area contributed by atoms with Gasteiger partial charge in [0.05, 0.1) is 5.92 Å². The lowest BCUT2D eigenvalue weighted by molar-refractivity contribution is -0.121. The Kier molecular flexibility index (Phi) is 3.23. The Bertz CT molecular complexity index is 1060. The first-order valence-electron chi connectivity index (χ1n) is 7.82. The lowest BCUT2D eigenvalue weighted by Crippen LogP contribution is -2.30. The predicted molar refractivity (Wildman–Crippen MR) is 88.1 cm³/mol. The number of aryl methyl sites for hydroxylation is 2. The third kappa shape index (κ3) is 2.12. The van der Waals surface area contributed by atoms with Gasteiger partial charge in [0.1, 0.15) is 11.6 Å². The van der Waals surface area contributed by atoms with Gasteiger partial charge in [0, 0.05) is 20.0 Å². The van der Waals surface area contributed by atoms with Crippen LogP contribution in [-0.2, 0) is 24.8 Å². The van der Waals surface area contributed by atoms with E-state index in [2.05, 4.69) is 9.97 Å². The molecule has 0 unspecified atom stereocenters. The lowest BCUT2D eigenvalue weighted by atomic mass is 9.90. The summed E-state index contributed by atoms with van der Waals surface area (Å²) in [6.07, 6.45) is 0.896. The van der Waals surface area contributed by atoms with Gasteiger partial charge in [-0.05, 0) is 12.0 Å². The summed E-state index contributed by atoms with van der Waals surface area (Å²) >= 11 is 0. The molecular formula is C17H16N4O3. The molecule has 24 heavy (non-hydrogen) atoms. The fourth-order valence-corrected chi connectivity index (χ4v) is 3.34. The van der Waals surface area contributed by atoms with E-state index in [0.29, 0.717) is 36.4 Å². The van der Waals surface area contributed by atoms with Crippen LogP contribution in [0, 0.1) is 0 Å². The van der Waals surface area contributed by atoms with E-state index in [1.54, 1.807) is 11.6 Å². The van der Waals surface area contributed by atoms with Crippen molar-refractivity contribution in [2.24, 2.45) is 7.05 Å². The Morgan fingerprint density at radius 2 is 1.96 bits per heavy atom. The minimum atomic E-state index is -0.506. The topological polar surface area (TPSA) is 89.8 Å².